The molecule has 0 unspecified atom stereocenters. The first-order chi connectivity index (χ1) is 2.41. The van der Waals surface area contributed by atoms with E-state index in [1.807, 2.05) is 0 Å². The maximum absolute atomic E-state index is 3.27. The molecule has 0 aromatic carbocycles. The van der Waals surface area contributed by atoms with Gasteiger partial charge in [0.2, 0.25) is 0 Å². The molecule has 27 valence electrons. The highest BCUT2D eigenvalue weighted by Gasteiger charge is 1.18. The van der Waals surface area contributed by atoms with Gasteiger partial charge in [0.15, 0.2) is 0 Å². The zero-order valence-electron chi connectivity index (χ0n) is 3.20. The van der Waals surface area contributed by atoms with E-state index in [4.69, 9.17) is 0 Å². The molecule has 0 aromatic heterocycles. The maximum Gasteiger partial charge on any atom is 0.0592 e. The summed E-state index contributed by atoms with van der Waals surface area (Å²) in [7, 11) is 2.95. The number of hydrogen-bond donors (Lipinski definition) is 0. The lowest BCUT2D eigenvalue weighted by atomic mass is 11.3. The Kier molecular flexibility index (Phi) is 97.7. The Labute approximate surface area is 36.6 Å². The van der Waals surface area contributed by atoms with Gasteiger partial charge in [0.05, 0.1) is 10.2 Å². The molecule has 5 heavy (non-hydrogen) atoms. The zero-order valence-corrected chi connectivity index (χ0v) is 4.20. The fourth-order valence-corrected chi connectivity index (χ4v) is 0. The van der Waals surface area contributed by atoms with Crippen molar-refractivity contribution in [2.75, 3.05) is 0 Å². The van der Waals surface area contributed by atoms with Gasteiger partial charge in [0.25, 0.3) is 0 Å². The summed E-state index contributed by atoms with van der Waals surface area (Å²) in [6, 6.07) is 0. The van der Waals surface area contributed by atoms with E-state index in [9.17, 15) is 0 Å². The Bertz CT molecular complexity index is 17.6. The second-order valence-electron chi connectivity index (χ2n) is 0.204. The quantitative estimate of drug-likeness (QED) is 0.304. The van der Waals surface area contributed by atoms with Gasteiger partial charge in [-0.25, -0.2) is 0 Å². The average Bonchev–Trinajstić information content (AvgIpc) is 1.46. The van der Waals surface area contributed by atoms with Crippen molar-refractivity contribution in [1.82, 2.24) is 0 Å². The van der Waals surface area contributed by atoms with E-state index < -0.39 is 0 Å². The topological polar surface area (TPSA) is 0 Å². The molecule has 0 bridgehead atoms. The van der Waals surface area contributed by atoms with Crippen LogP contribution < -0.4 is 0 Å². The lowest BCUT2D eigenvalue weighted by Gasteiger charge is -1.28. The van der Waals surface area contributed by atoms with Crippen LogP contribution >= 0.6 is 0 Å². The van der Waals surface area contributed by atoms with Crippen molar-refractivity contribution in [1.29, 1.82) is 0 Å². The van der Waals surface area contributed by atoms with Crippen molar-refractivity contribution in [3.05, 3.63) is 25.4 Å². The van der Waals surface area contributed by atoms with E-state index in [1.165, 1.54) is 0 Å². The molecule has 3 radical (unpaired) electrons. The Morgan fingerprint density at radius 3 is 1.40 bits per heavy atom. The van der Waals surface area contributed by atoms with Crippen molar-refractivity contribution in [2.24, 2.45) is 0 Å². The van der Waals surface area contributed by atoms with Gasteiger partial charge in [-0.1, -0.05) is 0 Å². The molecular weight excluding hydrogens is 76.1 g/mol. The fraction of sp³-hybridized carbons (Fsp3) is 0. The minimum absolute atomic E-state index is 1.56. The summed E-state index contributed by atoms with van der Waals surface area (Å²) < 4.78 is 0. The summed E-state index contributed by atoms with van der Waals surface area (Å²) in [6.07, 6.45) is 0. The minimum Gasteiger partial charge on any atom is -0.109 e. The summed E-state index contributed by atoms with van der Waals surface area (Å²) in [5.41, 5.74) is 1.56. The molecule has 0 aliphatic carbocycles. The van der Waals surface area contributed by atoms with Crippen molar-refractivity contribution >= 4 is 10.2 Å². The predicted octanol–water partition coefficient (Wildman–Crippen LogP) is 1.10. The lowest BCUT2D eigenvalue weighted by Crippen LogP contribution is -1.29. The van der Waals surface area contributed by atoms with Crippen LogP contribution in [-0.4, -0.2) is 10.2 Å². The van der Waals surface area contributed by atoms with E-state index in [1.54, 1.807) is 5.70 Å². The standard InChI is InChI=1S/C2H3Si.C2H4/c1-2-3;1-2/h2H,1H2;1-2H2. The van der Waals surface area contributed by atoms with E-state index in [2.05, 4.69) is 30.0 Å². The molecule has 0 rings (SSSR count). The second-order valence-corrected chi connectivity index (χ2v) is 0.612. The van der Waals surface area contributed by atoms with E-state index in [0.717, 1.165) is 0 Å². The Morgan fingerprint density at radius 2 is 1.40 bits per heavy atom. The zero-order chi connectivity index (χ0) is 4.71. The fourth-order valence-electron chi connectivity index (χ4n) is 0. The molecule has 0 heterocycles. The van der Waals surface area contributed by atoms with Crippen molar-refractivity contribution in [3.8, 4) is 0 Å². The van der Waals surface area contributed by atoms with Gasteiger partial charge in [-0.15, -0.1) is 25.4 Å². The normalized spacial score (nSPS) is 3.40. The Morgan fingerprint density at radius 1 is 1.40 bits per heavy atom. The van der Waals surface area contributed by atoms with Crippen molar-refractivity contribution in [3.63, 3.8) is 0 Å². The van der Waals surface area contributed by atoms with E-state index >= 15 is 0 Å². The first-order valence-corrected chi connectivity index (χ1v) is 1.77. The molecule has 0 aliphatic rings. The van der Waals surface area contributed by atoms with Crippen LogP contribution in [0.3, 0.4) is 0 Å². The summed E-state index contributed by atoms with van der Waals surface area (Å²) in [5, 5.41) is 0. The molecule has 0 spiro atoms. The van der Waals surface area contributed by atoms with Crippen LogP contribution in [0.15, 0.2) is 25.4 Å². The van der Waals surface area contributed by atoms with Crippen LogP contribution in [0.2, 0.25) is 0 Å². The molecule has 0 fully saturated rings. The van der Waals surface area contributed by atoms with Crippen molar-refractivity contribution < 1.29 is 0 Å². The maximum atomic E-state index is 3.27. The molecule has 0 atom stereocenters. The Balaban J connectivity index is 0. The third kappa shape index (κ3) is 116. The molecule has 0 saturated carbocycles. The SMILES string of the molecule is C=C.C=C[Si]. The van der Waals surface area contributed by atoms with Gasteiger partial charge in [0.1, 0.15) is 0 Å². The second kappa shape index (κ2) is 55.4. The molecule has 0 saturated heterocycles. The van der Waals surface area contributed by atoms with Crippen LogP contribution in [0.1, 0.15) is 0 Å². The highest BCUT2D eigenvalue weighted by molar-refractivity contribution is 6.16. The van der Waals surface area contributed by atoms with E-state index in [0.29, 0.717) is 0 Å². The summed E-state index contributed by atoms with van der Waals surface area (Å²) in [4.78, 5) is 0. The molecular formula is C4H7Si. The van der Waals surface area contributed by atoms with Crippen molar-refractivity contribution in [2.45, 2.75) is 0 Å². The van der Waals surface area contributed by atoms with Gasteiger partial charge in [0, 0.05) is 0 Å². The first kappa shape index (κ1) is 8.83. The van der Waals surface area contributed by atoms with Crippen LogP contribution in [0.4, 0.5) is 0 Å². The molecule has 0 aromatic rings. The number of rotatable bonds is 0. The highest BCUT2D eigenvalue weighted by atomic mass is 28.1. The van der Waals surface area contributed by atoms with Crippen LogP contribution in [0.25, 0.3) is 0 Å². The van der Waals surface area contributed by atoms with Gasteiger partial charge >= 0.3 is 0 Å². The predicted molar refractivity (Wildman–Crippen MR) is 27.2 cm³/mol. The monoisotopic (exact) mass is 83.0 g/mol. The van der Waals surface area contributed by atoms with Crippen LogP contribution in [-0.2, 0) is 0 Å². The molecule has 0 amide bonds. The van der Waals surface area contributed by atoms with Gasteiger partial charge in [-0.2, -0.15) is 0 Å². The molecule has 0 nitrogen and oxygen atoms in total. The first-order valence-electron chi connectivity index (χ1n) is 1.20. The average molecular weight is 83.2 g/mol. The van der Waals surface area contributed by atoms with Gasteiger partial charge < -0.3 is 0 Å². The number of hydrogen-bond acceptors (Lipinski definition) is 0. The van der Waals surface area contributed by atoms with E-state index in [-0.39, 0.29) is 0 Å². The summed E-state index contributed by atoms with van der Waals surface area (Å²) in [6.45, 7) is 9.27. The summed E-state index contributed by atoms with van der Waals surface area (Å²) in [5.74, 6) is 0. The lowest BCUT2D eigenvalue weighted by molar-refractivity contribution is 2.63. The van der Waals surface area contributed by atoms with Gasteiger partial charge in [-0.3, -0.25) is 0 Å². The molecule has 1 heteroatoms. The molecule has 0 N–H and O–H groups in total. The third-order valence-corrected chi connectivity index (χ3v) is 0. The van der Waals surface area contributed by atoms with Crippen LogP contribution in [0, 0.1) is 0 Å². The van der Waals surface area contributed by atoms with Gasteiger partial charge in [-0.05, 0) is 0 Å². The highest BCUT2D eigenvalue weighted by Crippen LogP contribution is 1.24. The Hall–Kier alpha value is -0.303. The smallest absolute Gasteiger partial charge is 0.0592 e. The minimum atomic E-state index is 1.56. The molecule has 0 aliphatic heterocycles. The third-order valence-electron chi connectivity index (χ3n) is 0. The largest absolute Gasteiger partial charge is 0.109 e. The van der Waals surface area contributed by atoms with Crippen LogP contribution in [0.5, 0.6) is 0 Å². The summed E-state index contributed by atoms with van der Waals surface area (Å²) >= 11 is 0.